The fraction of sp³-hybridized carbons (Fsp3) is 0.333. The molecule has 1 heterocycles. The van der Waals surface area contributed by atoms with E-state index in [1.54, 1.807) is 17.7 Å². The van der Waals surface area contributed by atoms with Crippen LogP contribution in [0.15, 0.2) is 35.1 Å². The molecule has 1 aromatic heterocycles. The molecule has 0 N–H and O–H groups in total. The van der Waals surface area contributed by atoms with Gasteiger partial charge in [0.1, 0.15) is 5.75 Å². The van der Waals surface area contributed by atoms with E-state index in [2.05, 4.69) is 0 Å². The number of aromatic nitrogens is 1. The largest absolute Gasteiger partial charge is 0.496 e. The fourth-order valence-corrected chi connectivity index (χ4v) is 2.58. The topological polar surface area (TPSA) is 48.3 Å². The Labute approximate surface area is 130 Å². The SMILES string of the molecule is COc1ccc(C)cc1-c1ccc(C(C)=O)c(=O)n1C(C)C. The van der Waals surface area contributed by atoms with Crippen LogP contribution in [0.3, 0.4) is 0 Å². The van der Waals surface area contributed by atoms with E-state index in [1.807, 2.05) is 45.0 Å². The highest BCUT2D eigenvalue weighted by atomic mass is 16.5. The van der Waals surface area contributed by atoms with Gasteiger partial charge < -0.3 is 9.30 Å². The molecule has 2 rings (SSSR count). The summed E-state index contributed by atoms with van der Waals surface area (Å²) >= 11 is 0. The molecule has 0 aliphatic carbocycles. The van der Waals surface area contributed by atoms with Gasteiger partial charge in [-0.05, 0) is 52.0 Å². The summed E-state index contributed by atoms with van der Waals surface area (Å²) in [6, 6.07) is 9.19. The van der Waals surface area contributed by atoms with Crippen molar-refractivity contribution < 1.29 is 9.53 Å². The maximum Gasteiger partial charge on any atom is 0.262 e. The first-order valence-electron chi connectivity index (χ1n) is 7.28. The van der Waals surface area contributed by atoms with Crippen molar-refractivity contribution in [3.05, 3.63) is 51.8 Å². The minimum atomic E-state index is -0.261. The van der Waals surface area contributed by atoms with Crippen molar-refractivity contribution in [1.82, 2.24) is 4.57 Å². The highest BCUT2D eigenvalue weighted by Gasteiger charge is 2.17. The summed E-state index contributed by atoms with van der Waals surface area (Å²) in [5.41, 5.74) is 2.63. The van der Waals surface area contributed by atoms with Crippen LogP contribution in [0.1, 0.15) is 42.7 Å². The second-order valence-electron chi connectivity index (χ2n) is 5.66. The lowest BCUT2D eigenvalue weighted by atomic mass is 10.0. The number of carbonyl (C=O) groups excluding carboxylic acids is 1. The third-order valence-electron chi connectivity index (χ3n) is 3.64. The lowest BCUT2D eigenvalue weighted by Gasteiger charge is -2.19. The number of ketones is 1. The number of methoxy groups -OCH3 is 1. The number of nitrogens with zero attached hydrogens (tertiary/aromatic N) is 1. The summed E-state index contributed by atoms with van der Waals surface area (Å²) < 4.78 is 7.07. The van der Waals surface area contributed by atoms with Crippen LogP contribution < -0.4 is 10.3 Å². The van der Waals surface area contributed by atoms with Gasteiger partial charge >= 0.3 is 0 Å². The molecule has 2 aromatic rings. The Bertz CT molecular complexity index is 772. The molecular weight excluding hydrogens is 278 g/mol. The molecule has 4 heteroatoms. The zero-order chi connectivity index (χ0) is 16.4. The molecule has 0 unspecified atom stereocenters. The first-order valence-corrected chi connectivity index (χ1v) is 7.28. The second kappa shape index (κ2) is 6.18. The maximum atomic E-state index is 12.6. The lowest BCUT2D eigenvalue weighted by molar-refractivity contribution is 0.101. The zero-order valence-corrected chi connectivity index (χ0v) is 13.6. The van der Waals surface area contributed by atoms with E-state index in [1.165, 1.54) is 6.92 Å². The Morgan fingerprint density at radius 2 is 1.86 bits per heavy atom. The van der Waals surface area contributed by atoms with Gasteiger partial charge in [0.25, 0.3) is 5.56 Å². The van der Waals surface area contributed by atoms with E-state index in [0.29, 0.717) is 5.75 Å². The number of ether oxygens (including phenoxy) is 1. The van der Waals surface area contributed by atoms with Crippen LogP contribution in [0.4, 0.5) is 0 Å². The number of aryl methyl sites for hydroxylation is 1. The first kappa shape index (κ1) is 16.0. The molecule has 0 atom stereocenters. The van der Waals surface area contributed by atoms with E-state index in [4.69, 9.17) is 4.74 Å². The Morgan fingerprint density at radius 1 is 1.18 bits per heavy atom. The van der Waals surface area contributed by atoms with Crippen molar-refractivity contribution in [3.8, 4) is 17.0 Å². The highest BCUT2D eigenvalue weighted by Crippen LogP contribution is 2.31. The van der Waals surface area contributed by atoms with Crippen molar-refractivity contribution in [3.63, 3.8) is 0 Å². The molecular formula is C18H21NO3. The molecule has 0 saturated heterocycles. The van der Waals surface area contributed by atoms with Crippen LogP contribution in [0.25, 0.3) is 11.3 Å². The predicted molar refractivity (Wildman–Crippen MR) is 87.8 cm³/mol. The molecule has 22 heavy (non-hydrogen) atoms. The quantitative estimate of drug-likeness (QED) is 0.810. The minimum Gasteiger partial charge on any atom is -0.496 e. The summed E-state index contributed by atoms with van der Waals surface area (Å²) in [6.07, 6.45) is 0. The lowest BCUT2D eigenvalue weighted by Crippen LogP contribution is -2.28. The van der Waals surface area contributed by atoms with Crippen LogP contribution in [0.5, 0.6) is 5.75 Å². The Hall–Kier alpha value is -2.36. The maximum absolute atomic E-state index is 12.6. The monoisotopic (exact) mass is 299 g/mol. The Balaban J connectivity index is 2.82. The van der Waals surface area contributed by atoms with Crippen LogP contribution in [0, 0.1) is 6.92 Å². The molecule has 0 aliphatic heterocycles. The smallest absolute Gasteiger partial charge is 0.262 e. The third-order valence-corrected chi connectivity index (χ3v) is 3.64. The van der Waals surface area contributed by atoms with Gasteiger partial charge in [0.2, 0.25) is 0 Å². The number of rotatable bonds is 4. The molecule has 4 nitrogen and oxygen atoms in total. The number of pyridine rings is 1. The molecule has 0 fully saturated rings. The van der Waals surface area contributed by atoms with Gasteiger partial charge in [0, 0.05) is 11.6 Å². The average molecular weight is 299 g/mol. The van der Waals surface area contributed by atoms with Crippen LogP contribution >= 0.6 is 0 Å². The normalized spacial score (nSPS) is 10.8. The number of Topliss-reactive ketones (excluding diaryl/α,β-unsaturated/α-hetero) is 1. The number of benzene rings is 1. The molecule has 1 aromatic carbocycles. The standard InChI is InChI=1S/C18H21NO3/c1-11(2)19-16(8-7-14(13(4)20)18(19)21)15-10-12(3)6-9-17(15)22-5/h6-11H,1-5H3. The van der Waals surface area contributed by atoms with Gasteiger partial charge in [-0.25, -0.2) is 0 Å². The minimum absolute atomic E-state index is 0.0629. The van der Waals surface area contributed by atoms with Crippen molar-refractivity contribution >= 4 is 5.78 Å². The number of carbonyl (C=O) groups is 1. The van der Waals surface area contributed by atoms with E-state index < -0.39 is 0 Å². The van der Waals surface area contributed by atoms with E-state index >= 15 is 0 Å². The third kappa shape index (κ3) is 2.82. The predicted octanol–water partition coefficient (Wildman–Crippen LogP) is 3.62. The van der Waals surface area contributed by atoms with Gasteiger partial charge in [-0.2, -0.15) is 0 Å². The van der Waals surface area contributed by atoms with E-state index in [9.17, 15) is 9.59 Å². The van der Waals surface area contributed by atoms with Crippen LogP contribution in [0.2, 0.25) is 0 Å². The van der Waals surface area contributed by atoms with Crippen molar-refractivity contribution in [2.24, 2.45) is 0 Å². The zero-order valence-electron chi connectivity index (χ0n) is 13.6. The molecule has 0 bridgehead atoms. The van der Waals surface area contributed by atoms with Crippen molar-refractivity contribution in [1.29, 1.82) is 0 Å². The first-order chi connectivity index (χ1) is 10.4. The fourth-order valence-electron chi connectivity index (χ4n) is 2.58. The highest BCUT2D eigenvalue weighted by molar-refractivity contribution is 5.94. The summed E-state index contributed by atoms with van der Waals surface area (Å²) in [4.78, 5) is 24.3. The molecule has 0 radical (unpaired) electrons. The van der Waals surface area contributed by atoms with Crippen LogP contribution in [-0.4, -0.2) is 17.5 Å². The summed E-state index contributed by atoms with van der Waals surface area (Å²) in [5, 5.41) is 0. The molecule has 116 valence electrons. The van der Waals surface area contributed by atoms with E-state index in [0.717, 1.165) is 16.8 Å². The average Bonchev–Trinajstić information content (AvgIpc) is 2.45. The van der Waals surface area contributed by atoms with Crippen molar-refractivity contribution in [2.75, 3.05) is 7.11 Å². The van der Waals surface area contributed by atoms with Crippen molar-refractivity contribution in [2.45, 2.75) is 33.7 Å². The number of hydrogen-bond acceptors (Lipinski definition) is 3. The van der Waals surface area contributed by atoms with Gasteiger partial charge in [-0.1, -0.05) is 11.6 Å². The van der Waals surface area contributed by atoms with Gasteiger partial charge in [0.15, 0.2) is 5.78 Å². The molecule has 0 saturated carbocycles. The second-order valence-corrected chi connectivity index (χ2v) is 5.66. The number of hydrogen-bond donors (Lipinski definition) is 0. The molecule has 0 amide bonds. The van der Waals surface area contributed by atoms with Gasteiger partial charge in [0.05, 0.1) is 18.4 Å². The molecule has 0 aliphatic rings. The Morgan fingerprint density at radius 3 is 2.41 bits per heavy atom. The Kier molecular flexibility index (Phi) is 4.50. The summed E-state index contributed by atoms with van der Waals surface area (Å²) in [6.45, 7) is 7.26. The molecule has 0 spiro atoms. The summed E-state index contributed by atoms with van der Waals surface area (Å²) in [7, 11) is 1.61. The van der Waals surface area contributed by atoms with E-state index in [-0.39, 0.29) is 22.9 Å². The van der Waals surface area contributed by atoms with Crippen LogP contribution in [-0.2, 0) is 0 Å². The van der Waals surface area contributed by atoms with Gasteiger partial charge in [-0.15, -0.1) is 0 Å². The summed E-state index contributed by atoms with van der Waals surface area (Å²) in [5.74, 6) is 0.483. The van der Waals surface area contributed by atoms with Gasteiger partial charge in [-0.3, -0.25) is 9.59 Å².